The van der Waals surface area contributed by atoms with Gasteiger partial charge < -0.3 is 9.80 Å². The van der Waals surface area contributed by atoms with E-state index in [1.54, 1.807) is 4.90 Å². The summed E-state index contributed by atoms with van der Waals surface area (Å²) in [5.74, 6) is 0.0740. The van der Waals surface area contributed by atoms with Gasteiger partial charge in [0.2, 0.25) is 11.8 Å². The number of carbonyl (C=O) groups excluding carboxylic acids is 2. The van der Waals surface area contributed by atoms with Gasteiger partial charge in [0, 0.05) is 32.7 Å². The molecule has 1 saturated heterocycles. The van der Waals surface area contributed by atoms with Gasteiger partial charge >= 0.3 is 0 Å². The van der Waals surface area contributed by atoms with E-state index < -0.39 is 0 Å². The van der Waals surface area contributed by atoms with Crippen LogP contribution >= 0.6 is 0 Å². The molecule has 0 N–H and O–H groups in total. The summed E-state index contributed by atoms with van der Waals surface area (Å²) in [4.78, 5) is 30.8. The molecule has 0 spiro atoms. The van der Waals surface area contributed by atoms with E-state index in [4.69, 9.17) is 0 Å². The van der Waals surface area contributed by atoms with E-state index in [-0.39, 0.29) is 17.9 Å². The predicted octanol–water partition coefficient (Wildman–Crippen LogP) is 2.49. The highest BCUT2D eigenvalue weighted by Crippen LogP contribution is 2.34. The van der Waals surface area contributed by atoms with E-state index in [0.29, 0.717) is 32.7 Å². The largest absolute Gasteiger partial charge is 0.338 e. The van der Waals surface area contributed by atoms with Gasteiger partial charge in [0.1, 0.15) is 0 Å². The normalized spacial score (nSPS) is 19.5. The average molecular weight is 389 g/mol. The topological polar surface area (TPSA) is 43.9 Å². The zero-order valence-electron chi connectivity index (χ0n) is 16.7. The van der Waals surface area contributed by atoms with E-state index in [1.807, 2.05) is 11.0 Å². The van der Waals surface area contributed by atoms with Crippen LogP contribution in [-0.4, -0.2) is 65.8 Å². The van der Waals surface area contributed by atoms with Gasteiger partial charge in [-0.2, -0.15) is 0 Å². The molecule has 5 heteroatoms. The minimum atomic E-state index is -0.0612. The van der Waals surface area contributed by atoms with Gasteiger partial charge in [0.15, 0.2) is 0 Å². The summed E-state index contributed by atoms with van der Waals surface area (Å²) in [6, 6.07) is 19.1. The Balaban J connectivity index is 1.50. The van der Waals surface area contributed by atoms with Crippen LogP contribution in [0.1, 0.15) is 22.7 Å². The van der Waals surface area contributed by atoms with E-state index in [0.717, 1.165) is 13.0 Å². The van der Waals surface area contributed by atoms with Crippen molar-refractivity contribution in [2.45, 2.75) is 12.5 Å². The van der Waals surface area contributed by atoms with Crippen LogP contribution < -0.4 is 0 Å². The Bertz CT molecular complexity index is 888. The number of fused-ring (bicyclic) bond motifs is 1. The molecule has 4 rings (SSSR count). The molecule has 0 aliphatic carbocycles. The van der Waals surface area contributed by atoms with E-state index in [9.17, 15) is 9.59 Å². The smallest absolute Gasteiger partial charge is 0.246 e. The highest BCUT2D eigenvalue weighted by atomic mass is 16.2. The number of hydrogen-bond acceptors (Lipinski definition) is 3. The monoisotopic (exact) mass is 389 g/mol. The SMILES string of the molecule is C=CC(=O)N1CCN(C(=O)CN2CCc3ccccc3C2c2ccccc2)CC1. The summed E-state index contributed by atoms with van der Waals surface area (Å²) in [6.45, 7) is 7.10. The van der Waals surface area contributed by atoms with Crippen molar-refractivity contribution in [3.8, 4) is 0 Å². The number of nitrogens with zero attached hydrogens (tertiary/aromatic N) is 3. The van der Waals surface area contributed by atoms with Crippen molar-refractivity contribution in [1.82, 2.24) is 14.7 Å². The Kier molecular flexibility index (Phi) is 5.76. The third-order valence-electron chi connectivity index (χ3n) is 5.96. The molecule has 5 nitrogen and oxygen atoms in total. The number of hydrogen-bond donors (Lipinski definition) is 0. The molecule has 1 atom stereocenters. The first kappa shape index (κ1) is 19.4. The van der Waals surface area contributed by atoms with Crippen LogP contribution in [0.25, 0.3) is 0 Å². The van der Waals surface area contributed by atoms with Crippen molar-refractivity contribution in [3.63, 3.8) is 0 Å². The fraction of sp³-hybridized carbons (Fsp3) is 0.333. The summed E-state index contributed by atoms with van der Waals surface area (Å²) in [5, 5.41) is 0. The standard InChI is InChI=1S/C24H27N3O2/c1-2-22(28)25-14-16-26(17-15-25)23(29)18-27-13-12-19-8-6-7-11-21(19)24(27)20-9-4-3-5-10-20/h2-11,24H,1,12-18H2. The fourth-order valence-corrected chi connectivity index (χ4v) is 4.39. The van der Waals surface area contributed by atoms with Crippen LogP contribution in [0.4, 0.5) is 0 Å². The second-order valence-electron chi connectivity index (χ2n) is 7.64. The molecule has 150 valence electrons. The van der Waals surface area contributed by atoms with Gasteiger partial charge in [0.05, 0.1) is 12.6 Å². The van der Waals surface area contributed by atoms with Crippen molar-refractivity contribution in [2.75, 3.05) is 39.3 Å². The zero-order valence-corrected chi connectivity index (χ0v) is 16.7. The minimum absolute atomic E-state index is 0.0612. The second kappa shape index (κ2) is 8.62. The van der Waals surface area contributed by atoms with Crippen LogP contribution in [0, 0.1) is 0 Å². The Morgan fingerprint density at radius 3 is 2.28 bits per heavy atom. The zero-order chi connectivity index (χ0) is 20.2. The predicted molar refractivity (Wildman–Crippen MR) is 113 cm³/mol. The molecule has 2 heterocycles. The number of rotatable bonds is 4. The molecular formula is C24H27N3O2. The molecule has 2 aromatic carbocycles. The van der Waals surface area contributed by atoms with Crippen molar-refractivity contribution in [3.05, 3.63) is 83.9 Å². The highest BCUT2D eigenvalue weighted by Gasteiger charge is 2.31. The van der Waals surface area contributed by atoms with Gasteiger partial charge in [0.25, 0.3) is 0 Å². The molecule has 0 radical (unpaired) electrons. The second-order valence-corrected chi connectivity index (χ2v) is 7.64. The lowest BCUT2D eigenvalue weighted by Gasteiger charge is -2.40. The lowest BCUT2D eigenvalue weighted by atomic mass is 9.88. The molecule has 2 aliphatic rings. The van der Waals surface area contributed by atoms with E-state index >= 15 is 0 Å². The average Bonchev–Trinajstić information content (AvgIpc) is 2.79. The molecular weight excluding hydrogens is 362 g/mol. The maximum absolute atomic E-state index is 13.1. The Morgan fingerprint density at radius 1 is 0.897 bits per heavy atom. The number of amides is 2. The Labute approximate surface area is 172 Å². The third kappa shape index (κ3) is 4.10. The first-order valence-electron chi connectivity index (χ1n) is 10.2. The van der Waals surface area contributed by atoms with Crippen LogP contribution in [0.3, 0.4) is 0 Å². The quantitative estimate of drug-likeness (QED) is 0.755. The maximum Gasteiger partial charge on any atom is 0.246 e. The molecule has 0 aromatic heterocycles. The van der Waals surface area contributed by atoms with Crippen LogP contribution in [-0.2, 0) is 16.0 Å². The lowest BCUT2D eigenvalue weighted by Crippen LogP contribution is -2.53. The summed E-state index contributed by atoms with van der Waals surface area (Å²) >= 11 is 0. The summed E-state index contributed by atoms with van der Waals surface area (Å²) in [6.07, 6.45) is 2.29. The van der Waals surface area contributed by atoms with Crippen molar-refractivity contribution < 1.29 is 9.59 Å². The fourth-order valence-electron chi connectivity index (χ4n) is 4.39. The lowest BCUT2D eigenvalue weighted by molar-refractivity contribution is -0.138. The van der Waals surface area contributed by atoms with E-state index in [2.05, 4.69) is 60.0 Å². The highest BCUT2D eigenvalue weighted by molar-refractivity contribution is 5.87. The molecule has 2 aromatic rings. The minimum Gasteiger partial charge on any atom is -0.338 e. The van der Waals surface area contributed by atoms with Gasteiger partial charge in [-0.25, -0.2) is 0 Å². The summed E-state index contributed by atoms with van der Waals surface area (Å²) in [7, 11) is 0. The van der Waals surface area contributed by atoms with Crippen molar-refractivity contribution >= 4 is 11.8 Å². The Morgan fingerprint density at radius 2 is 1.55 bits per heavy atom. The Hall–Kier alpha value is -2.92. The third-order valence-corrected chi connectivity index (χ3v) is 5.96. The molecule has 0 bridgehead atoms. The molecule has 1 unspecified atom stereocenters. The van der Waals surface area contributed by atoms with E-state index in [1.165, 1.54) is 22.8 Å². The first-order valence-corrected chi connectivity index (χ1v) is 10.2. The van der Waals surface area contributed by atoms with Crippen LogP contribution in [0.15, 0.2) is 67.3 Å². The van der Waals surface area contributed by atoms with Crippen LogP contribution in [0.2, 0.25) is 0 Å². The first-order chi connectivity index (χ1) is 14.2. The number of carbonyl (C=O) groups is 2. The molecule has 1 fully saturated rings. The van der Waals surface area contributed by atoms with Gasteiger partial charge in [-0.15, -0.1) is 0 Å². The van der Waals surface area contributed by atoms with Crippen LogP contribution in [0.5, 0.6) is 0 Å². The van der Waals surface area contributed by atoms with Gasteiger partial charge in [-0.1, -0.05) is 61.2 Å². The maximum atomic E-state index is 13.1. The molecule has 29 heavy (non-hydrogen) atoms. The molecule has 0 saturated carbocycles. The molecule has 2 aliphatic heterocycles. The summed E-state index contributed by atoms with van der Waals surface area (Å²) in [5.41, 5.74) is 3.87. The van der Waals surface area contributed by atoms with Gasteiger partial charge in [-0.05, 0) is 29.2 Å². The van der Waals surface area contributed by atoms with Crippen molar-refractivity contribution in [1.29, 1.82) is 0 Å². The van der Waals surface area contributed by atoms with Gasteiger partial charge in [-0.3, -0.25) is 14.5 Å². The number of piperazine rings is 1. The van der Waals surface area contributed by atoms with Crippen molar-refractivity contribution in [2.24, 2.45) is 0 Å². The number of benzene rings is 2. The molecule has 2 amide bonds. The summed E-state index contributed by atoms with van der Waals surface area (Å²) < 4.78 is 0.